The smallest absolute Gasteiger partial charge is 0.398 e. The van der Waals surface area contributed by atoms with Crippen molar-refractivity contribution in [3.8, 4) is 10.6 Å². The number of anilines is 1. The Hall–Kier alpha value is -1.39. The molecule has 2 aromatic heterocycles. The van der Waals surface area contributed by atoms with Crippen LogP contribution in [0.2, 0.25) is 0 Å². The number of rotatable bonds is 5. The fourth-order valence-electron chi connectivity index (χ4n) is 3.39. The van der Waals surface area contributed by atoms with Gasteiger partial charge in [-0.05, 0) is 36.6 Å². The minimum Gasteiger partial charge on any atom is -0.398 e. The quantitative estimate of drug-likeness (QED) is 0.576. The molecule has 0 bridgehead atoms. The van der Waals surface area contributed by atoms with Crippen molar-refractivity contribution in [1.82, 2.24) is 15.3 Å². The normalized spacial score (nSPS) is 21.5. The third-order valence-corrected chi connectivity index (χ3v) is 6.53. The van der Waals surface area contributed by atoms with Gasteiger partial charge in [-0.25, -0.2) is 24.8 Å². The predicted octanol–water partition coefficient (Wildman–Crippen LogP) is 0.241. The molecule has 4 rings (SSSR count). The first-order chi connectivity index (χ1) is 12.6. The zero-order valence-electron chi connectivity index (χ0n) is 15.9. The first-order valence-electron chi connectivity index (χ1n) is 8.95. The molecule has 5 nitrogen and oxygen atoms in total. The molecule has 2 aliphatic rings. The molecule has 0 spiro atoms. The third-order valence-electron chi connectivity index (χ3n) is 5.13. The van der Waals surface area contributed by atoms with E-state index in [1.807, 2.05) is 13.2 Å². The van der Waals surface area contributed by atoms with Crippen molar-refractivity contribution in [3.05, 3.63) is 33.9 Å². The largest absolute Gasteiger partial charge is 1.00 e. The number of halogens is 1. The van der Waals surface area contributed by atoms with E-state index in [0.29, 0.717) is 22.3 Å². The van der Waals surface area contributed by atoms with Crippen LogP contribution < -0.4 is 29.5 Å². The second-order valence-corrected chi connectivity index (χ2v) is 8.10. The van der Waals surface area contributed by atoms with E-state index in [1.165, 1.54) is 23.5 Å². The summed E-state index contributed by atoms with van der Waals surface area (Å²) in [5.41, 5.74) is 1.56. The van der Waals surface area contributed by atoms with Gasteiger partial charge in [0.25, 0.3) is 0 Å². The zero-order valence-corrected chi connectivity index (χ0v) is 16.7. The maximum atomic E-state index is 14.5. The Morgan fingerprint density at radius 3 is 2.89 bits per heavy atom. The van der Waals surface area contributed by atoms with Gasteiger partial charge < -0.3 is 15.4 Å². The number of hydrogen-bond donors (Lipinski definition) is 2. The Labute approximate surface area is 174 Å². The summed E-state index contributed by atoms with van der Waals surface area (Å²) >= 11 is 1.44. The average Bonchev–Trinajstić information content (AvgIpc) is 3.42. The van der Waals surface area contributed by atoms with Gasteiger partial charge in [-0.3, -0.25) is 22.8 Å². The molecule has 0 unspecified atom stereocenters. The van der Waals surface area contributed by atoms with E-state index in [9.17, 15) is 9.18 Å². The fourth-order valence-corrected chi connectivity index (χ4v) is 4.74. The number of carbonyl (C=O) groups excluding carboxylic acids is 1. The standard InChI is InChI=1S/C19H21FN4OS.Li/c1-10-7-21-6-5-15(10)23-19-22-8-14(20)16(24-19)17-11(2)13(9-25)18(26-17)12-3-4-12;/h8,10,15,21H,3-7H2,1-2H3,(H,22,23,24);/q-2;+1/t10-,15+;/m1./s1. The molecular weight excluding hydrogens is 358 g/mol. The van der Waals surface area contributed by atoms with Gasteiger partial charge in [0.2, 0.25) is 5.95 Å². The van der Waals surface area contributed by atoms with Gasteiger partial charge in [-0.15, -0.1) is 19.8 Å². The van der Waals surface area contributed by atoms with E-state index in [4.69, 9.17) is 0 Å². The number of nitrogens with zero attached hydrogens (tertiary/aromatic N) is 2. The molecule has 2 N–H and O–H groups in total. The van der Waals surface area contributed by atoms with Crippen molar-refractivity contribution in [2.75, 3.05) is 18.4 Å². The Morgan fingerprint density at radius 2 is 2.22 bits per heavy atom. The minimum atomic E-state index is -0.469. The van der Waals surface area contributed by atoms with Gasteiger partial charge >= 0.3 is 18.9 Å². The van der Waals surface area contributed by atoms with Crippen LogP contribution in [0.5, 0.6) is 0 Å². The molecule has 3 heterocycles. The Bertz CT molecular complexity index is 839. The molecule has 1 saturated heterocycles. The molecular formula is C19H21FLiN4OS-. The second kappa shape index (κ2) is 8.32. The van der Waals surface area contributed by atoms with Gasteiger partial charge in [0.1, 0.15) is 5.69 Å². The van der Waals surface area contributed by atoms with E-state index < -0.39 is 5.82 Å². The number of hydrogen-bond acceptors (Lipinski definition) is 6. The third kappa shape index (κ3) is 4.07. The Balaban J connectivity index is 0.00000210. The van der Waals surface area contributed by atoms with Crippen LogP contribution in [0.15, 0.2) is 6.20 Å². The summed E-state index contributed by atoms with van der Waals surface area (Å²) in [4.78, 5) is 21.6. The van der Waals surface area contributed by atoms with Crippen molar-refractivity contribution in [2.24, 2.45) is 5.92 Å². The van der Waals surface area contributed by atoms with Crippen LogP contribution >= 0.6 is 11.3 Å². The summed E-state index contributed by atoms with van der Waals surface area (Å²) in [5, 5.41) is 6.71. The second-order valence-electron chi connectivity index (χ2n) is 7.08. The van der Waals surface area contributed by atoms with Crippen molar-refractivity contribution in [2.45, 2.75) is 39.2 Å². The van der Waals surface area contributed by atoms with E-state index in [0.717, 1.165) is 42.8 Å². The minimum absolute atomic E-state index is 0. The zero-order chi connectivity index (χ0) is 18.3. The molecule has 2 aromatic rings. The monoisotopic (exact) mass is 379 g/mol. The van der Waals surface area contributed by atoms with Crippen LogP contribution in [0.1, 0.15) is 42.2 Å². The van der Waals surface area contributed by atoms with Crippen LogP contribution in [0, 0.1) is 24.6 Å². The SMILES string of the molecule is Cc1c(-c2nc(N[C@H]3CCNC[C@H]3C)ncc2F)sc([C-]2CC2)c1[C-]=O.[Li+]. The van der Waals surface area contributed by atoms with Crippen LogP contribution in [-0.4, -0.2) is 35.4 Å². The van der Waals surface area contributed by atoms with E-state index in [-0.39, 0.29) is 30.6 Å². The first-order valence-corrected chi connectivity index (χ1v) is 9.77. The van der Waals surface area contributed by atoms with Crippen LogP contribution in [0.25, 0.3) is 10.6 Å². The Kier molecular flexibility index (Phi) is 6.27. The van der Waals surface area contributed by atoms with Crippen molar-refractivity contribution in [3.63, 3.8) is 0 Å². The topological polar surface area (TPSA) is 66.9 Å². The molecule has 1 aliphatic heterocycles. The number of thiophene rings is 1. The van der Waals surface area contributed by atoms with Crippen LogP contribution in [0.3, 0.4) is 0 Å². The molecule has 2 fully saturated rings. The summed E-state index contributed by atoms with van der Waals surface area (Å²) in [6, 6.07) is 0.260. The maximum absolute atomic E-state index is 14.5. The molecule has 0 aromatic carbocycles. The van der Waals surface area contributed by atoms with Gasteiger partial charge in [0.05, 0.1) is 6.20 Å². The van der Waals surface area contributed by atoms with E-state index in [1.54, 1.807) is 0 Å². The van der Waals surface area contributed by atoms with Crippen LogP contribution in [0.4, 0.5) is 10.3 Å². The van der Waals surface area contributed by atoms with E-state index in [2.05, 4.69) is 27.5 Å². The molecule has 2 atom stereocenters. The van der Waals surface area contributed by atoms with Crippen molar-refractivity contribution in [1.29, 1.82) is 0 Å². The molecule has 0 amide bonds. The van der Waals surface area contributed by atoms with Crippen LogP contribution in [-0.2, 0) is 4.79 Å². The predicted molar refractivity (Wildman–Crippen MR) is 100 cm³/mol. The van der Waals surface area contributed by atoms with Gasteiger partial charge in [-0.2, -0.15) is 0 Å². The summed E-state index contributed by atoms with van der Waals surface area (Å²) < 4.78 is 14.5. The number of nitrogens with one attached hydrogen (secondary N) is 2. The summed E-state index contributed by atoms with van der Waals surface area (Å²) in [6.45, 7) is 5.89. The molecule has 8 heteroatoms. The molecule has 1 aliphatic carbocycles. The molecule has 0 radical (unpaired) electrons. The Morgan fingerprint density at radius 1 is 1.44 bits per heavy atom. The molecule has 138 valence electrons. The number of aromatic nitrogens is 2. The summed E-state index contributed by atoms with van der Waals surface area (Å²) in [6.07, 6.45) is 6.22. The van der Waals surface area contributed by atoms with Crippen molar-refractivity contribution >= 4 is 23.6 Å². The summed E-state index contributed by atoms with van der Waals surface area (Å²) in [5.74, 6) is 1.66. The van der Waals surface area contributed by atoms with Crippen molar-refractivity contribution < 1.29 is 28.0 Å². The van der Waals surface area contributed by atoms with Gasteiger partial charge in [0, 0.05) is 6.04 Å². The maximum Gasteiger partial charge on any atom is 1.00 e. The van der Waals surface area contributed by atoms with Gasteiger partial charge in [-0.1, -0.05) is 6.92 Å². The van der Waals surface area contributed by atoms with Gasteiger partial charge in [0.15, 0.2) is 5.82 Å². The number of piperidine rings is 1. The molecule has 27 heavy (non-hydrogen) atoms. The first kappa shape index (κ1) is 20.3. The summed E-state index contributed by atoms with van der Waals surface area (Å²) in [7, 11) is 0. The van der Waals surface area contributed by atoms with E-state index >= 15 is 0 Å². The fraction of sp³-hybridized carbons (Fsp3) is 0.474. The molecule has 1 saturated carbocycles. The average molecular weight is 379 g/mol.